The molecule has 3 nitrogen and oxygen atoms in total. The Morgan fingerprint density at radius 1 is 0.271 bits per heavy atom. The minimum absolute atomic E-state index is 0.859. The Kier molecular flexibility index (Phi) is 7.54. The second-order valence-electron chi connectivity index (χ2n) is 15.3. The molecule has 0 saturated carbocycles. The number of rotatable bonds is 6. The van der Waals surface area contributed by atoms with Crippen molar-refractivity contribution in [2.24, 2.45) is 0 Å². The van der Waals surface area contributed by atoms with Gasteiger partial charge in [-0.25, -0.2) is 0 Å². The topological polar surface area (TPSA) is 29.5 Å². The predicted molar refractivity (Wildman–Crippen MR) is 247 cm³/mol. The number of para-hydroxylation sites is 1. The zero-order chi connectivity index (χ0) is 38.9. The van der Waals surface area contributed by atoms with Gasteiger partial charge < -0.3 is 13.7 Å². The van der Waals surface area contributed by atoms with Crippen molar-refractivity contribution < 1.29 is 8.83 Å². The second-order valence-corrected chi connectivity index (χ2v) is 15.3. The van der Waals surface area contributed by atoms with Crippen LogP contribution in [0.3, 0.4) is 0 Å². The normalized spacial score (nSPS) is 11.7. The van der Waals surface area contributed by atoms with Crippen LogP contribution >= 0.6 is 0 Å². The van der Waals surface area contributed by atoms with Gasteiger partial charge in [0.2, 0.25) is 0 Å². The summed E-state index contributed by atoms with van der Waals surface area (Å²) in [6.07, 6.45) is 0. The molecule has 0 spiro atoms. The Morgan fingerprint density at radius 2 is 0.797 bits per heavy atom. The van der Waals surface area contributed by atoms with Crippen LogP contribution in [0.15, 0.2) is 221 Å². The smallest absolute Gasteiger partial charge is 0.136 e. The van der Waals surface area contributed by atoms with Gasteiger partial charge in [0, 0.05) is 38.6 Å². The van der Waals surface area contributed by atoms with Crippen LogP contribution in [0.4, 0.5) is 17.1 Å². The number of anilines is 3. The first-order chi connectivity index (χ1) is 29.2. The summed E-state index contributed by atoms with van der Waals surface area (Å²) >= 11 is 0. The number of benzene rings is 10. The number of hydrogen-bond donors (Lipinski definition) is 0. The van der Waals surface area contributed by atoms with Crippen LogP contribution < -0.4 is 4.90 Å². The largest absolute Gasteiger partial charge is 0.456 e. The van der Waals surface area contributed by atoms with Crippen LogP contribution in [-0.2, 0) is 0 Å². The van der Waals surface area contributed by atoms with Crippen molar-refractivity contribution in [3.8, 4) is 33.4 Å². The highest BCUT2D eigenvalue weighted by Crippen LogP contribution is 2.44. The molecule has 0 N–H and O–H groups in total. The highest BCUT2D eigenvalue weighted by atomic mass is 16.3. The Hall–Kier alpha value is -7.88. The molecule has 0 radical (unpaired) electrons. The van der Waals surface area contributed by atoms with Gasteiger partial charge >= 0.3 is 0 Å². The molecule has 0 fully saturated rings. The average Bonchev–Trinajstić information content (AvgIpc) is 3.88. The number of nitrogens with zero attached hydrogens (tertiary/aromatic N) is 1. The van der Waals surface area contributed by atoms with E-state index in [1.165, 1.54) is 32.7 Å². The first-order valence-electron chi connectivity index (χ1n) is 20.1. The lowest BCUT2D eigenvalue weighted by Crippen LogP contribution is -2.09. The summed E-state index contributed by atoms with van der Waals surface area (Å²) in [5, 5.41) is 9.45. The van der Waals surface area contributed by atoms with Gasteiger partial charge in [0.05, 0.1) is 0 Å². The van der Waals surface area contributed by atoms with E-state index in [-0.39, 0.29) is 0 Å². The van der Waals surface area contributed by atoms with Gasteiger partial charge in [0.15, 0.2) is 0 Å². The van der Waals surface area contributed by atoms with E-state index in [9.17, 15) is 0 Å². The van der Waals surface area contributed by atoms with E-state index in [0.29, 0.717) is 0 Å². The van der Waals surface area contributed by atoms with Crippen LogP contribution in [-0.4, -0.2) is 0 Å². The Bertz CT molecular complexity index is 3540. The van der Waals surface area contributed by atoms with Crippen molar-refractivity contribution in [2.75, 3.05) is 4.90 Å². The summed E-state index contributed by atoms with van der Waals surface area (Å²) in [5.74, 6) is 0. The van der Waals surface area contributed by atoms with Crippen molar-refractivity contribution in [3.63, 3.8) is 0 Å². The average molecular weight is 754 g/mol. The molecular formula is C56H35NO2. The lowest BCUT2D eigenvalue weighted by Gasteiger charge is -2.26. The molecule has 0 bridgehead atoms. The first-order valence-corrected chi connectivity index (χ1v) is 20.1. The lowest BCUT2D eigenvalue weighted by molar-refractivity contribution is 0.668. The molecule has 3 heteroatoms. The van der Waals surface area contributed by atoms with Crippen molar-refractivity contribution in [2.45, 2.75) is 0 Å². The second kappa shape index (κ2) is 13.4. The van der Waals surface area contributed by atoms with Crippen LogP contribution in [0, 0.1) is 0 Å². The molecular weight excluding hydrogens is 719 g/mol. The van der Waals surface area contributed by atoms with Gasteiger partial charge in [-0.2, -0.15) is 0 Å². The minimum Gasteiger partial charge on any atom is -0.456 e. The molecule has 0 aliphatic rings. The SMILES string of the molecule is c1ccc(-c2ccc(N(c3ccc(-c4cccc5oc6ccccc6c45)cc3)c3ccc4oc5cccc(-c6ccc7c(ccc8ccccc87)c6)c5c4c3)cc2)cc1. The highest BCUT2D eigenvalue weighted by molar-refractivity contribution is 6.15. The molecule has 12 aromatic rings. The van der Waals surface area contributed by atoms with Gasteiger partial charge in [0.1, 0.15) is 22.3 Å². The molecule has 0 aliphatic carbocycles. The molecule has 2 heterocycles. The van der Waals surface area contributed by atoms with E-state index in [0.717, 1.165) is 83.2 Å². The van der Waals surface area contributed by atoms with Crippen molar-refractivity contribution in [1.82, 2.24) is 0 Å². The van der Waals surface area contributed by atoms with Gasteiger partial charge in [-0.3, -0.25) is 0 Å². The maximum Gasteiger partial charge on any atom is 0.136 e. The van der Waals surface area contributed by atoms with Crippen LogP contribution in [0.25, 0.3) is 98.8 Å². The van der Waals surface area contributed by atoms with Crippen LogP contribution in [0.2, 0.25) is 0 Å². The van der Waals surface area contributed by atoms with Gasteiger partial charge in [-0.15, -0.1) is 0 Å². The molecule has 0 amide bonds. The summed E-state index contributed by atoms with van der Waals surface area (Å²) in [6.45, 7) is 0. The Balaban J connectivity index is 1.01. The zero-order valence-corrected chi connectivity index (χ0v) is 32.0. The third-order valence-corrected chi connectivity index (χ3v) is 11.9. The van der Waals surface area contributed by atoms with Gasteiger partial charge in [-0.1, -0.05) is 146 Å². The molecule has 2 aromatic heterocycles. The van der Waals surface area contributed by atoms with E-state index >= 15 is 0 Å². The lowest BCUT2D eigenvalue weighted by atomic mass is 9.95. The molecule has 10 aromatic carbocycles. The fourth-order valence-electron chi connectivity index (χ4n) is 9.06. The molecule has 0 saturated heterocycles. The van der Waals surface area contributed by atoms with Crippen molar-refractivity contribution in [1.29, 1.82) is 0 Å². The maximum atomic E-state index is 6.57. The number of fused-ring (bicyclic) bond motifs is 9. The van der Waals surface area contributed by atoms with Crippen LogP contribution in [0.1, 0.15) is 0 Å². The fourth-order valence-corrected chi connectivity index (χ4v) is 9.06. The summed E-state index contributed by atoms with van der Waals surface area (Å²) < 4.78 is 12.8. The van der Waals surface area contributed by atoms with Crippen LogP contribution in [0.5, 0.6) is 0 Å². The zero-order valence-electron chi connectivity index (χ0n) is 32.0. The standard InChI is InChI=1S/C56H35NO2/c1-2-10-36(11-3-1)37-22-27-42(28-23-37)57(43-29-24-39(25-30-43)47-15-8-18-53-55(47)49-14-6-7-17-51(49)58-53)44-31-33-52-50(35-44)56-48(16-9-19-54(56)59-52)41-26-32-46-40(34-41)21-20-38-12-4-5-13-45(38)46/h1-35H. The van der Waals surface area contributed by atoms with E-state index in [1.807, 2.05) is 12.1 Å². The Labute approximate surface area is 340 Å². The number of furan rings is 2. The fraction of sp³-hybridized carbons (Fsp3) is 0. The first kappa shape index (κ1) is 33.3. The summed E-state index contributed by atoms with van der Waals surface area (Å²) in [4.78, 5) is 2.34. The molecule has 0 aliphatic heterocycles. The Morgan fingerprint density at radius 3 is 1.56 bits per heavy atom. The maximum absolute atomic E-state index is 6.57. The van der Waals surface area contributed by atoms with Crippen molar-refractivity contribution in [3.05, 3.63) is 212 Å². The van der Waals surface area contributed by atoms with Gasteiger partial charge in [-0.05, 0) is 122 Å². The summed E-state index contributed by atoms with van der Waals surface area (Å²) in [7, 11) is 0. The third-order valence-electron chi connectivity index (χ3n) is 11.9. The monoisotopic (exact) mass is 753 g/mol. The molecule has 59 heavy (non-hydrogen) atoms. The van der Waals surface area contributed by atoms with E-state index in [4.69, 9.17) is 8.83 Å². The molecule has 12 rings (SSSR count). The van der Waals surface area contributed by atoms with E-state index in [2.05, 4.69) is 205 Å². The quantitative estimate of drug-likeness (QED) is 0.158. The molecule has 0 unspecified atom stereocenters. The summed E-state index contributed by atoms with van der Waals surface area (Å²) in [5.41, 5.74) is 13.7. The summed E-state index contributed by atoms with van der Waals surface area (Å²) in [6, 6.07) is 75.7. The molecule has 0 atom stereocenters. The van der Waals surface area contributed by atoms with Crippen molar-refractivity contribution >= 4 is 82.5 Å². The highest BCUT2D eigenvalue weighted by Gasteiger charge is 2.19. The minimum atomic E-state index is 0.859. The van der Waals surface area contributed by atoms with E-state index < -0.39 is 0 Å². The van der Waals surface area contributed by atoms with Gasteiger partial charge in [0.25, 0.3) is 0 Å². The molecule has 276 valence electrons. The number of hydrogen-bond acceptors (Lipinski definition) is 3. The third kappa shape index (κ3) is 5.51. The van der Waals surface area contributed by atoms with E-state index in [1.54, 1.807) is 0 Å². The predicted octanol–water partition coefficient (Wildman–Crippen LogP) is 16.3.